The number of likely N-dealkylation sites (tertiary alicyclic amines) is 1. The highest BCUT2D eigenvalue weighted by atomic mass is 32.1. The predicted octanol–water partition coefficient (Wildman–Crippen LogP) is 3.32. The molecule has 1 aliphatic heterocycles. The first-order valence-corrected chi connectivity index (χ1v) is 7.52. The summed E-state index contributed by atoms with van der Waals surface area (Å²) < 4.78 is 1.29. The molecule has 1 fully saturated rings. The van der Waals surface area contributed by atoms with Gasteiger partial charge in [0, 0.05) is 13.1 Å². The zero-order valence-corrected chi connectivity index (χ0v) is 11.6. The monoisotopic (exact) mass is 261 g/mol. The second-order valence-electron chi connectivity index (χ2n) is 4.83. The van der Waals surface area contributed by atoms with Crippen LogP contribution in [-0.2, 0) is 6.54 Å². The maximum atomic E-state index is 4.57. The topological polar surface area (TPSA) is 28.2 Å². The van der Waals surface area contributed by atoms with E-state index in [1.165, 1.54) is 36.2 Å². The van der Waals surface area contributed by atoms with Crippen LogP contribution in [0.25, 0.3) is 10.2 Å². The molecular weight excluding hydrogens is 242 g/mol. The lowest BCUT2D eigenvalue weighted by Gasteiger charge is -2.14. The zero-order chi connectivity index (χ0) is 12.4. The molecule has 1 saturated heterocycles. The van der Waals surface area contributed by atoms with Gasteiger partial charge in [0.15, 0.2) is 5.13 Å². The molecular formula is C14H19N3S. The van der Waals surface area contributed by atoms with E-state index in [-0.39, 0.29) is 0 Å². The van der Waals surface area contributed by atoms with Crippen LogP contribution >= 0.6 is 11.3 Å². The van der Waals surface area contributed by atoms with Crippen LogP contribution < -0.4 is 5.32 Å². The Morgan fingerprint density at radius 1 is 1.33 bits per heavy atom. The average molecular weight is 261 g/mol. The van der Waals surface area contributed by atoms with E-state index in [0.29, 0.717) is 0 Å². The van der Waals surface area contributed by atoms with Crippen molar-refractivity contribution in [2.45, 2.75) is 26.3 Å². The molecule has 0 unspecified atom stereocenters. The highest BCUT2D eigenvalue weighted by Gasteiger charge is 2.12. The van der Waals surface area contributed by atoms with Crippen molar-refractivity contribution in [1.82, 2.24) is 9.88 Å². The summed E-state index contributed by atoms with van der Waals surface area (Å²) in [4.78, 5) is 7.10. The molecule has 3 rings (SSSR count). The fourth-order valence-corrected chi connectivity index (χ4v) is 3.49. The van der Waals surface area contributed by atoms with E-state index in [1.807, 2.05) is 0 Å². The summed E-state index contributed by atoms with van der Waals surface area (Å²) >= 11 is 1.75. The molecule has 3 nitrogen and oxygen atoms in total. The molecule has 4 heteroatoms. The lowest BCUT2D eigenvalue weighted by molar-refractivity contribution is 0.331. The summed E-state index contributed by atoms with van der Waals surface area (Å²) in [5.74, 6) is 0. The standard InChI is InChI=1S/C14H19N3S/c1-2-15-14-16-12-6-5-11(9-13(12)18-14)10-17-7-3-4-8-17/h5-6,9H,2-4,7-8,10H2,1H3,(H,15,16). The molecule has 0 radical (unpaired) electrons. The van der Waals surface area contributed by atoms with E-state index < -0.39 is 0 Å². The number of aromatic nitrogens is 1. The summed E-state index contributed by atoms with van der Waals surface area (Å²) in [5.41, 5.74) is 2.53. The van der Waals surface area contributed by atoms with E-state index in [4.69, 9.17) is 0 Å². The number of benzene rings is 1. The van der Waals surface area contributed by atoms with Crippen molar-refractivity contribution in [2.75, 3.05) is 25.0 Å². The fourth-order valence-electron chi connectivity index (χ4n) is 2.49. The van der Waals surface area contributed by atoms with Crippen molar-refractivity contribution in [2.24, 2.45) is 0 Å². The summed E-state index contributed by atoms with van der Waals surface area (Å²) in [6.07, 6.45) is 2.71. The van der Waals surface area contributed by atoms with Gasteiger partial charge in [-0.15, -0.1) is 0 Å². The van der Waals surface area contributed by atoms with Gasteiger partial charge in [-0.05, 0) is 50.6 Å². The van der Waals surface area contributed by atoms with Gasteiger partial charge in [-0.25, -0.2) is 4.98 Å². The van der Waals surface area contributed by atoms with Gasteiger partial charge in [0.25, 0.3) is 0 Å². The van der Waals surface area contributed by atoms with Gasteiger partial charge in [0.05, 0.1) is 10.2 Å². The smallest absolute Gasteiger partial charge is 0.183 e. The van der Waals surface area contributed by atoms with E-state index in [1.54, 1.807) is 11.3 Å². The maximum absolute atomic E-state index is 4.57. The van der Waals surface area contributed by atoms with Crippen molar-refractivity contribution >= 4 is 26.7 Å². The van der Waals surface area contributed by atoms with Crippen LogP contribution in [0.3, 0.4) is 0 Å². The van der Waals surface area contributed by atoms with Crippen LogP contribution in [0.2, 0.25) is 0 Å². The first kappa shape index (κ1) is 11.9. The SMILES string of the molecule is CCNc1nc2ccc(CN3CCCC3)cc2s1. The molecule has 0 spiro atoms. The van der Waals surface area contributed by atoms with Crippen molar-refractivity contribution in [3.8, 4) is 0 Å². The third kappa shape index (κ3) is 2.49. The van der Waals surface area contributed by atoms with E-state index in [2.05, 4.69) is 40.3 Å². The largest absolute Gasteiger partial charge is 0.362 e. The van der Waals surface area contributed by atoms with Gasteiger partial charge < -0.3 is 5.32 Å². The lowest BCUT2D eigenvalue weighted by Crippen LogP contribution is -2.18. The maximum Gasteiger partial charge on any atom is 0.183 e. The molecule has 96 valence electrons. The predicted molar refractivity (Wildman–Crippen MR) is 78.3 cm³/mol. The number of rotatable bonds is 4. The van der Waals surface area contributed by atoms with E-state index in [0.717, 1.165) is 23.7 Å². The number of anilines is 1. The average Bonchev–Trinajstić information content (AvgIpc) is 2.98. The summed E-state index contributed by atoms with van der Waals surface area (Å²) in [6, 6.07) is 6.67. The van der Waals surface area contributed by atoms with Crippen molar-refractivity contribution < 1.29 is 0 Å². The second-order valence-corrected chi connectivity index (χ2v) is 5.87. The molecule has 1 aromatic heterocycles. The first-order chi connectivity index (χ1) is 8.85. The van der Waals surface area contributed by atoms with E-state index >= 15 is 0 Å². The summed E-state index contributed by atoms with van der Waals surface area (Å²) in [5, 5.41) is 4.32. The quantitative estimate of drug-likeness (QED) is 0.915. The Hall–Kier alpha value is -1.13. The highest BCUT2D eigenvalue weighted by molar-refractivity contribution is 7.22. The number of nitrogens with one attached hydrogen (secondary N) is 1. The Kier molecular flexibility index (Phi) is 3.48. The molecule has 18 heavy (non-hydrogen) atoms. The Labute approximate surface area is 112 Å². The van der Waals surface area contributed by atoms with Crippen LogP contribution in [0.5, 0.6) is 0 Å². The fraction of sp³-hybridized carbons (Fsp3) is 0.500. The number of hydrogen-bond donors (Lipinski definition) is 1. The lowest BCUT2D eigenvalue weighted by atomic mass is 10.2. The molecule has 1 aliphatic rings. The Balaban J connectivity index is 1.80. The molecule has 0 amide bonds. The third-order valence-electron chi connectivity index (χ3n) is 3.39. The van der Waals surface area contributed by atoms with Gasteiger partial charge in [-0.2, -0.15) is 0 Å². The summed E-state index contributed by atoms with van der Waals surface area (Å²) in [6.45, 7) is 6.63. The van der Waals surface area contributed by atoms with Crippen LogP contribution in [0, 0.1) is 0 Å². The normalized spacial score (nSPS) is 16.5. The van der Waals surface area contributed by atoms with Gasteiger partial charge in [-0.1, -0.05) is 17.4 Å². The van der Waals surface area contributed by atoms with Gasteiger partial charge >= 0.3 is 0 Å². The number of nitrogens with zero attached hydrogens (tertiary/aromatic N) is 2. The molecule has 1 aromatic carbocycles. The highest BCUT2D eigenvalue weighted by Crippen LogP contribution is 2.27. The molecule has 0 aliphatic carbocycles. The van der Waals surface area contributed by atoms with Crippen LogP contribution in [0.4, 0.5) is 5.13 Å². The molecule has 2 heterocycles. The van der Waals surface area contributed by atoms with Crippen LogP contribution in [0.15, 0.2) is 18.2 Å². The Morgan fingerprint density at radius 2 is 2.17 bits per heavy atom. The molecule has 2 aromatic rings. The van der Waals surface area contributed by atoms with E-state index in [9.17, 15) is 0 Å². The number of hydrogen-bond acceptors (Lipinski definition) is 4. The summed E-state index contributed by atoms with van der Waals surface area (Å²) in [7, 11) is 0. The minimum Gasteiger partial charge on any atom is -0.362 e. The van der Waals surface area contributed by atoms with Gasteiger partial charge in [0.2, 0.25) is 0 Å². The van der Waals surface area contributed by atoms with Gasteiger partial charge in [0.1, 0.15) is 0 Å². The number of thiazole rings is 1. The minimum absolute atomic E-state index is 0.931. The molecule has 0 atom stereocenters. The Morgan fingerprint density at radius 3 is 2.94 bits per heavy atom. The van der Waals surface area contributed by atoms with Crippen LogP contribution in [0.1, 0.15) is 25.3 Å². The Bertz CT molecular complexity index is 529. The zero-order valence-electron chi connectivity index (χ0n) is 10.8. The van der Waals surface area contributed by atoms with Crippen molar-refractivity contribution in [3.63, 3.8) is 0 Å². The molecule has 0 bridgehead atoms. The molecule has 1 N–H and O–H groups in total. The first-order valence-electron chi connectivity index (χ1n) is 6.71. The second kappa shape index (κ2) is 5.24. The van der Waals surface area contributed by atoms with Crippen molar-refractivity contribution in [3.05, 3.63) is 23.8 Å². The third-order valence-corrected chi connectivity index (χ3v) is 4.36. The van der Waals surface area contributed by atoms with Gasteiger partial charge in [-0.3, -0.25) is 4.90 Å². The molecule has 0 saturated carbocycles. The van der Waals surface area contributed by atoms with Crippen molar-refractivity contribution in [1.29, 1.82) is 0 Å². The minimum atomic E-state index is 0.931. The van der Waals surface area contributed by atoms with Crippen LogP contribution in [-0.4, -0.2) is 29.5 Å². The number of fused-ring (bicyclic) bond motifs is 1.